The number of ether oxygens (including phenoxy) is 1. The molecule has 5 heteroatoms. The van der Waals surface area contributed by atoms with Gasteiger partial charge in [-0.2, -0.15) is 0 Å². The Hall–Kier alpha value is -2.53. The number of benzene rings is 1. The molecule has 0 fully saturated rings. The number of aromatic hydroxyl groups is 1. The zero-order chi connectivity index (χ0) is 21.2. The van der Waals surface area contributed by atoms with Crippen LogP contribution in [0.2, 0.25) is 0 Å². The molecule has 1 aliphatic rings. The molecular weight excluding hydrogens is 366 g/mol. The van der Waals surface area contributed by atoms with E-state index in [9.17, 15) is 15.0 Å². The first-order valence-electron chi connectivity index (χ1n) is 10.3. The zero-order valence-electron chi connectivity index (χ0n) is 17.7. The topological polar surface area (TPSA) is 78.8 Å². The van der Waals surface area contributed by atoms with Crippen molar-refractivity contribution in [3.8, 4) is 11.5 Å². The summed E-state index contributed by atoms with van der Waals surface area (Å²) in [6.07, 6.45) is 13.2. The van der Waals surface area contributed by atoms with Gasteiger partial charge >= 0.3 is 0 Å². The SMILES string of the molecule is COc1ccc2c(O)c1C/C(C)=C/CCCCC(O)CC/C=C\C=C(/C)C(=O)N2. The summed E-state index contributed by atoms with van der Waals surface area (Å²) in [4.78, 5) is 12.5. The molecule has 0 saturated heterocycles. The van der Waals surface area contributed by atoms with E-state index in [1.54, 1.807) is 32.2 Å². The maximum absolute atomic E-state index is 12.5. The molecule has 0 spiro atoms. The Balaban J connectivity index is 2.31. The van der Waals surface area contributed by atoms with E-state index in [2.05, 4.69) is 11.4 Å². The highest BCUT2D eigenvalue weighted by Crippen LogP contribution is 2.36. The fourth-order valence-corrected chi connectivity index (χ4v) is 3.34. The standard InChI is InChI=1S/C24H33NO4/c1-17-10-6-4-8-12-19(26)13-9-5-7-11-18(2)24(28)25-21-14-15-22(29-3)20(16-17)23(21)27/h5,7,10-11,14-15,19,26-27H,4,6,8-9,12-13,16H2,1-3H3,(H,25,28)/b7-5-,17-10+,18-11+. The smallest absolute Gasteiger partial charge is 0.251 e. The molecule has 0 aromatic heterocycles. The molecule has 0 radical (unpaired) electrons. The molecule has 158 valence electrons. The van der Waals surface area contributed by atoms with Crippen LogP contribution in [0.3, 0.4) is 0 Å². The van der Waals surface area contributed by atoms with Crippen LogP contribution >= 0.6 is 0 Å². The second-order valence-electron chi connectivity index (χ2n) is 7.62. The number of carbonyl (C=O) groups excluding carboxylic acids is 1. The van der Waals surface area contributed by atoms with Crippen LogP contribution in [0.15, 0.2) is 47.6 Å². The molecule has 1 unspecified atom stereocenters. The molecule has 1 heterocycles. The van der Waals surface area contributed by atoms with Crippen LogP contribution in [0, 0.1) is 0 Å². The van der Waals surface area contributed by atoms with Gasteiger partial charge in [0, 0.05) is 17.6 Å². The van der Waals surface area contributed by atoms with Gasteiger partial charge in [0.15, 0.2) is 0 Å². The number of hydrogen-bond donors (Lipinski definition) is 3. The number of hydrogen-bond acceptors (Lipinski definition) is 4. The molecule has 1 amide bonds. The molecule has 29 heavy (non-hydrogen) atoms. The van der Waals surface area contributed by atoms with Crippen LogP contribution in [0.25, 0.3) is 0 Å². The number of phenolic OH excluding ortho intramolecular Hbond substituents is 1. The summed E-state index contributed by atoms with van der Waals surface area (Å²) in [7, 11) is 1.57. The van der Waals surface area contributed by atoms with Crippen LogP contribution in [-0.2, 0) is 11.2 Å². The summed E-state index contributed by atoms with van der Waals surface area (Å²) in [6, 6.07) is 3.42. The fraction of sp³-hybridized carbons (Fsp3) is 0.458. The van der Waals surface area contributed by atoms with E-state index in [-0.39, 0.29) is 17.8 Å². The Kier molecular flexibility index (Phi) is 9.00. The Morgan fingerprint density at radius 2 is 1.93 bits per heavy atom. The minimum absolute atomic E-state index is 0.0369. The Labute approximate surface area is 173 Å². The number of fused-ring (bicyclic) bond motifs is 2. The quantitative estimate of drug-likeness (QED) is 0.456. The van der Waals surface area contributed by atoms with Crippen LogP contribution in [0.5, 0.6) is 11.5 Å². The molecule has 0 aliphatic carbocycles. The van der Waals surface area contributed by atoms with E-state index in [0.717, 1.165) is 44.1 Å². The third-order valence-electron chi connectivity index (χ3n) is 5.15. The second kappa shape index (κ2) is 11.5. The van der Waals surface area contributed by atoms with Crippen LogP contribution in [0.4, 0.5) is 5.69 Å². The second-order valence-corrected chi connectivity index (χ2v) is 7.62. The first kappa shape index (κ1) is 22.8. The third kappa shape index (κ3) is 7.09. The molecule has 2 bridgehead atoms. The lowest BCUT2D eigenvalue weighted by Gasteiger charge is -2.15. The number of methoxy groups -OCH3 is 1. The highest BCUT2D eigenvalue weighted by molar-refractivity contribution is 6.04. The highest BCUT2D eigenvalue weighted by Gasteiger charge is 2.16. The molecule has 2 rings (SSSR count). The van der Waals surface area contributed by atoms with Gasteiger partial charge in [-0.05, 0) is 58.1 Å². The number of aliphatic hydroxyl groups is 1. The maximum Gasteiger partial charge on any atom is 0.251 e. The Morgan fingerprint density at radius 3 is 2.69 bits per heavy atom. The van der Waals surface area contributed by atoms with Crippen LogP contribution < -0.4 is 10.1 Å². The summed E-state index contributed by atoms with van der Waals surface area (Å²) in [5.41, 5.74) is 2.69. The van der Waals surface area contributed by atoms with Crippen molar-refractivity contribution in [1.82, 2.24) is 0 Å². The molecular formula is C24H33NO4. The number of anilines is 1. The molecule has 1 aromatic rings. The van der Waals surface area contributed by atoms with E-state index >= 15 is 0 Å². The van der Waals surface area contributed by atoms with Gasteiger partial charge in [0.25, 0.3) is 5.91 Å². The predicted octanol–water partition coefficient (Wildman–Crippen LogP) is 5.05. The van der Waals surface area contributed by atoms with Crippen molar-refractivity contribution in [3.63, 3.8) is 0 Å². The number of carbonyl (C=O) groups is 1. The molecule has 3 N–H and O–H groups in total. The van der Waals surface area contributed by atoms with Gasteiger partial charge < -0.3 is 20.3 Å². The highest BCUT2D eigenvalue weighted by atomic mass is 16.5. The molecule has 1 aliphatic heterocycles. The van der Waals surface area contributed by atoms with Crippen LogP contribution in [-0.4, -0.2) is 29.3 Å². The lowest BCUT2D eigenvalue weighted by atomic mass is 10.0. The molecule has 0 saturated carbocycles. The van der Waals surface area contributed by atoms with E-state index < -0.39 is 0 Å². The van der Waals surface area contributed by atoms with Crippen molar-refractivity contribution in [1.29, 1.82) is 0 Å². The van der Waals surface area contributed by atoms with Crippen molar-refractivity contribution in [3.05, 3.63) is 53.1 Å². The first-order chi connectivity index (χ1) is 13.9. The first-order valence-corrected chi connectivity index (χ1v) is 10.3. The maximum atomic E-state index is 12.5. The summed E-state index contributed by atoms with van der Waals surface area (Å²) < 4.78 is 5.42. The summed E-state index contributed by atoms with van der Waals surface area (Å²) in [5, 5.41) is 23.6. The van der Waals surface area contributed by atoms with E-state index in [0.29, 0.717) is 29.0 Å². The molecule has 5 nitrogen and oxygen atoms in total. The van der Waals surface area contributed by atoms with Crippen molar-refractivity contribution >= 4 is 11.6 Å². The van der Waals surface area contributed by atoms with Crippen molar-refractivity contribution in [2.45, 2.75) is 64.9 Å². The number of allylic oxidation sites excluding steroid dienone is 5. The average Bonchev–Trinajstić information content (AvgIpc) is 2.69. The fourth-order valence-electron chi connectivity index (χ4n) is 3.34. The van der Waals surface area contributed by atoms with Crippen molar-refractivity contribution in [2.24, 2.45) is 0 Å². The summed E-state index contributed by atoms with van der Waals surface area (Å²) in [5.74, 6) is 0.360. The molecule has 1 atom stereocenters. The lowest BCUT2D eigenvalue weighted by molar-refractivity contribution is -0.112. The molecule has 1 aromatic carbocycles. The van der Waals surface area contributed by atoms with E-state index in [4.69, 9.17) is 4.74 Å². The van der Waals surface area contributed by atoms with Gasteiger partial charge in [-0.1, -0.05) is 36.3 Å². The average molecular weight is 400 g/mol. The van der Waals surface area contributed by atoms with Crippen LogP contribution in [0.1, 0.15) is 57.9 Å². The minimum atomic E-state index is -0.289. The monoisotopic (exact) mass is 399 g/mol. The summed E-state index contributed by atoms with van der Waals surface area (Å²) in [6.45, 7) is 3.76. The zero-order valence-corrected chi connectivity index (χ0v) is 17.7. The van der Waals surface area contributed by atoms with E-state index in [1.807, 2.05) is 19.1 Å². The van der Waals surface area contributed by atoms with Gasteiger partial charge in [-0.3, -0.25) is 4.79 Å². The Bertz CT molecular complexity index is 792. The predicted molar refractivity (Wildman–Crippen MR) is 117 cm³/mol. The number of aliphatic hydroxyl groups excluding tert-OH is 1. The minimum Gasteiger partial charge on any atom is -0.505 e. The van der Waals surface area contributed by atoms with Crippen molar-refractivity contribution in [2.75, 3.05) is 12.4 Å². The van der Waals surface area contributed by atoms with E-state index in [1.165, 1.54) is 0 Å². The third-order valence-corrected chi connectivity index (χ3v) is 5.15. The number of rotatable bonds is 1. The normalized spacial score (nSPS) is 24.6. The number of amides is 1. The van der Waals surface area contributed by atoms with Crippen molar-refractivity contribution < 1.29 is 19.7 Å². The lowest BCUT2D eigenvalue weighted by Crippen LogP contribution is -2.13. The van der Waals surface area contributed by atoms with Gasteiger partial charge in [0.2, 0.25) is 0 Å². The van der Waals surface area contributed by atoms with Gasteiger partial charge in [0.1, 0.15) is 11.5 Å². The number of nitrogens with one attached hydrogen (secondary N) is 1. The van der Waals surface area contributed by atoms with Gasteiger partial charge in [-0.25, -0.2) is 0 Å². The number of phenols is 1. The Morgan fingerprint density at radius 1 is 1.14 bits per heavy atom. The summed E-state index contributed by atoms with van der Waals surface area (Å²) >= 11 is 0. The van der Waals surface area contributed by atoms with Gasteiger partial charge in [-0.15, -0.1) is 0 Å². The van der Waals surface area contributed by atoms with Gasteiger partial charge in [0.05, 0.1) is 18.9 Å². The largest absolute Gasteiger partial charge is 0.505 e.